The smallest absolute Gasteiger partial charge is 0.273 e. The van der Waals surface area contributed by atoms with Crippen molar-refractivity contribution >= 4 is 16.7 Å². The number of carbonyl (C=O) groups excluding carboxylic acids is 1. The molecular weight excluding hydrogens is 332 g/mol. The number of rotatable bonds is 6. The van der Waals surface area contributed by atoms with Gasteiger partial charge in [0.05, 0.1) is 17.3 Å². The van der Waals surface area contributed by atoms with Crippen LogP contribution < -0.4 is 11.1 Å². The van der Waals surface area contributed by atoms with Crippen molar-refractivity contribution in [1.82, 2.24) is 19.7 Å². The molecule has 0 spiro atoms. The SMILES string of the molecule is CN(CCc1ccccn1)C(=O)CCn1[nH]c(=O)c2ccccc2c1=O. The van der Waals surface area contributed by atoms with Crippen LogP contribution in [0.15, 0.2) is 58.3 Å². The molecule has 2 aromatic heterocycles. The number of amides is 1. The van der Waals surface area contributed by atoms with E-state index < -0.39 is 0 Å². The molecule has 2 heterocycles. The monoisotopic (exact) mass is 352 g/mol. The van der Waals surface area contributed by atoms with Gasteiger partial charge < -0.3 is 4.90 Å². The standard InChI is InChI=1S/C19H20N4O3/c1-22(12-9-14-6-4-5-11-20-14)17(24)10-13-23-19(26)16-8-3-2-7-15(16)18(25)21-23/h2-8,11H,9-10,12-13H2,1H3,(H,21,25). The zero-order valence-electron chi connectivity index (χ0n) is 14.5. The maximum Gasteiger partial charge on any atom is 0.273 e. The van der Waals surface area contributed by atoms with Gasteiger partial charge in [-0.15, -0.1) is 0 Å². The number of carbonyl (C=O) groups is 1. The quantitative estimate of drug-likeness (QED) is 0.721. The van der Waals surface area contributed by atoms with E-state index in [0.717, 1.165) is 5.69 Å². The average molecular weight is 352 g/mol. The number of hydrogen-bond donors (Lipinski definition) is 1. The van der Waals surface area contributed by atoms with Gasteiger partial charge >= 0.3 is 0 Å². The van der Waals surface area contributed by atoms with Crippen LogP contribution in [0, 0.1) is 0 Å². The van der Waals surface area contributed by atoms with E-state index in [2.05, 4.69) is 10.1 Å². The third-order valence-corrected chi connectivity index (χ3v) is 4.29. The van der Waals surface area contributed by atoms with Crippen molar-refractivity contribution in [3.05, 3.63) is 75.1 Å². The molecule has 0 saturated heterocycles. The Morgan fingerprint density at radius 1 is 1.12 bits per heavy atom. The van der Waals surface area contributed by atoms with Crippen molar-refractivity contribution in [2.24, 2.45) is 0 Å². The van der Waals surface area contributed by atoms with Gasteiger partial charge in [-0.25, -0.2) is 4.68 Å². The summed E-state index contributed by atoms with van der Waals surface area (Å²) in [7, 11) is 1.72. The van der Waals surface area contributed by atoms with Crippen LogP contribution in [0.3, 0.4) is 0 Å². The number of fused-ring (bicyclic) bond motifs is 1. The Morgan fingerprint density at radius 3 is 2.58 bits per heavy atom. The molecule has 0 unspecified atom stereocenters. The summed E-state index contributed by atoms with van der Waals surface area (Å²) in [6.45, 7) is 0.671. The highest BCUT2D eigenvalue weighted by Crippen LogP contribution is 2.03. The minimum absolute atomic E-state index is 0.0955. The predicted octanol–water partition coefficient (Wildman–Crippen LogP) is 1.18. The molecule has 1 amide bonds. The van der Waals surface area contributed by atoms with Gasteiger partial charge in [0, 0.05) is 38.3 Å². The summed E-state index contributed by atoms with van der Waals surface area (Å²) in [4.78, 5) is 42.6. The van der Waals surface area contributed by atoms with Crippen molar-refractivity contribution in [3.8, 4) is 0 Å². The van der Waals surface area contributed by atoms with E-state index in [1.807, 2.05) is 18.2 Å². The highest BCUT2D eigenvalue weighted by atomic mass is 16.2. The van der Waals surface area contributed by atoms with Crippen molar-refractivity contribution < 1.29 is 4.79 Å². The average Bonchev–Trinajstić information content (AvgIpc) is 2.68. The number of likely N-dealkylation sites (N-methyl/N-ethyl adjacent to an activating group) is 1. The zero-order valence-corrected chi connectivity index (χ0v) is 14.5. The van der Waals surface area contributed by atoms with Gasteiger partial charge in [-0.05, 0) is 24.3 Å². The number of nitrogens with one attached hydrogen (secondary N) is 1. The number of aromatic nitrogens is 3. The summed E-state index contributed by atoms with van der Waals surface area (Å²) in [5.74, 6) is -0.0955. The fourth-order valence-electron chi connectivity index (χ4n) is 2.76. The fraction of sp³-hybridized carbons (Fsp3) is 0.263. The molecule has 3 aromatic rings. The van der Waals surface area contributed by atoms with Crippen LogP contribution in [-0.4, -0.2) is 39.2 Å². The number of nitrogens with zero attached hydrogens (tertiary/aromatic N) is 3. The maximum absolute atomic E-state index is 12.4. The van der Waals surface area contributed by atoms with Gasteiger partial charge in [-0.1, -0.05) is 18.2 Å². The van der Waals surface area contributed by atoms with Crippen LogP contribution >= 0.6 is 0 Å². The number of H-pyrrole nitrogens is 1. The lowest BCUT2D eigenvalue weighted by molar-refractivity contribution is -0.130. The number of benzene rings is 1. The van der Waals surface area contributed by atoms with Gasteiger partial charge in [-0.2, -0.15) is 0 Å². The summed E-state index contributed by atoms with van der Waals surface area (Å²) in [6.07, 6.45) is 2.52. The van der Waals surface area contributed by atoms with Gasteiger partial charge in [0.2, 0.25) is 5.91 Å². The van der Waals surface area contributed by atoms with Crippen molar-refractivity contribution in [1.29, 1.82) is 0 Å². The van der Waals surface area contributed by atoms with Crippen LogP contribution in [0.1, 0.15) is 12.1 Å². The minimum Gasteiger partial charge on any atom is -0.345 e. The molecule has 0 bridgehead atoms. The van der Waals surface area contributed by atoms with Crippen molar-refractivity contribution in [3.63, 3.8) is 0 Å². The molecule has 3 rings (SSSR count). The Balaban J connectivity index is 1.64. The molecule has 0 saturated carbocycles. The summed E-state index contributed by atoms with van der Waals surface area (Å²) in [6, 6.07) is 12.3. The van der Waals surface area contributed by atoms with E-state index in [4.69, 9.17) is 0 Å². The van der Waals surface area contributed by atoms with E-state index in [1.54, 1.807) is 42.4 Å². The largest absolute Gasteiger partial charge is 0.345 e. The first-order chi connectivity index (χ1) is 12.6. The summed E-state index contributed by atoms with van der Waals surface area (Å²) >= 11 is 0. The van der Waals surface area contributed by atoms with E-state index in [1.165, 1.54) is 4.68 Å². The summed E-state index contributed by atoms with van der Waals surface area (Å²) in [5.41, 5.74) is 0.280. The summed E-state index contributed by atoms with van der Waals surface area (Å²) in [5, 5.41) is 3.25. The Morgan fingerprint density at radius 2 is 1.85 bits per heavy atom. The minimum atomic E-state index is -0.337. The van der Waals surface area contributed by atoms with E-state index in [9.17, 15) is 14.4 Å². The van der Waals surface area contributed by atoms with Crippen LogP contribution in [0.4, 0.5) is 0 Å². The van der Waals surface area contributed by atoms with Crippen molar-refractivity contribution in [2.45, 2.75) is 19.4 Å². The molecule has 0 aliphatic heterocycles. The lowest BCUT2D eigenvalue weighted by Gasteiger charge is -2.17. The second-order valence-corrected chi connectivity index (χ2v) is 6.08. The number of hydrogen-bond acceptors (Lipinski definition) is 4. The predicted molar refractivity (Wildman–Crippen MR) is 99.0 cm³/mol. The first-order valence-corrected chi connectivity index (χ1v) is 8.42. The third kappa shape index (κ3) is 3.88. The number of aromatic amines is 1. The van der Waals surface area contributed by atoms with Gasteiger partial charge in [0.1, 0.15) is 0 Å². The second kappa shape index (κ2) is 7.77. The molecule has 0 fully saturated rings. The van der Waals surface area contributed by atoms with Gasteiger partial charge in [0.25, 0.3) is 11.1 Å². The topological polar surface area (TPSA) is 88.1 Å². The maximum atomic E-state index is 12.4. The highest BCUT2D eigenvalue weighted by Gasteiger charge is 2.11. The molecule has 7 heteroatoms. The first-order valence-electron chi connectivity index (χ1n) is 8.42. The van der Waals surface area contributed by atoms with E-state index in [0.29, 0.717) is 23.7 Å². The highest BCUT2D eigenvalue weighted by molar-refractivity contribution is 5.80. The van der Waals surface area contributed by atoms with E-state index >= 15 is 0 Å². The number of pyridine rings is 1. The summed E-state index contributed by atoms with van der Waals surface area (Å²) < 4.78 is 1.20. The molecule has 0 aliphatic rings. The lowest BCUT2D eigenvalue weighted by atomic mass is 10.2. The molecule has 1 aromatic carbocycles. The molecule has 134 valence electrons. The molecular formula is C19H20N4O3. The molecule has 0 atom stereocenters. The second-order valence-electron chi connectivity index (χ2n) is 6.08. The normalized spacial score (nSPS) is 10.8. The Labute approximate surface area is 149 Å². The van der Waals surface area contributed by atoms with Gasteiger partial charge in [-0.3, -0.25) is 24.5 Å². The number of aryl methyl sites for hydroxylation is 1. The van der Waals surface area contributed by atoms with Gasteiger partial charge in [0.15, 0.2) is 0 Å². The Bertz CT molecular complexity index is 1020. The van der Waals surface area contributed by atoms with Crippen LogP contribution in [0.25, 0.3) is 10.8 Å². The molecule has 0 aliphatic carbocycles. The Kier molecular flexibility index (Phi) is 5.26. The Hall–Kier alpha value is -3.22. The zero-order chi connectivity index (χ0) is 18.5. The van der Waals surface area contributed by atoms with Crippen LogP contribution in [0.5, 0.6) is 0 Å². The third-order valence-electron chi connectivity index (χ3n) is 4.29. The molecule has 1 N–H and O–H groups in total. The van der Waals surface area contributed by atoms with Crippen LogP contribution in [-0.2, 0) is 17.8 Å². The van der Waals surface area contributed by atoms with E-state index in [-0.39, 0.29) is 30.0 Å². The molecule has 26 heavy (non-hydrogen) atoms. The molecule has 0 radical (unpaired) electrons. The molecule has 7 nitrogen and oxygen atoms in total. The van der Waals surface area contributed by atoms with Crippen molar-refractivity contribution in [2.75, 3.05) is 13.6 Å². The first kappa shape index (κ1) is 17.6. The fourth-order valence-corrected chi connectivity index (χ4v) is 2.76. The lowest BCUT2D eigenvalue weighted by Crippen LogP contribution is -2.34. The van der Waals surface area contributed by atoms with Crippen LogP contribution in [0.2, 0.25) is 0 Å².